The van der Waals surface area contributed by atoms with E-state index in [1.165, 1.54) is 0 Å². The molecule has 0 bridgehead atoms. The van der Waals surface area contributed by atoms with E-state index >= 15 is 0 Å². The second-order valence-corrected chi connectivity index (χ2v) is 6.23. The molecule has 1 aliphatic rings. The van der Waals surface area contributed by atoms with Crippen molar-refractivity contribution in [3.8, 4) is 5.75 Å². The van der Waals surface area contributed by atoms with E-state index in [1.54, 1.807) is 18.5 Å². The minimum Gasteiger partial charge on any atom is -0.489 e. The second-order valence-electron chi connectivity index (χ2n) is 6.23. The zero-order valence-corrected chi connectivity index (χ0v) is 12.1. The Morgan fingerprint density at radius 2 is 2.00 bits per heavy atom. The molecule has 1 aliphatic carbocycles. The first-order chi connectivity index (χ1) is 8.85. The van der Waals surface area contributed by atoms with Gasteiger partial charge in [-0.15, -0.1) is 0 Å². The lowest BCUT2D eigenvalue weighted by Gasteiger charge is -2.29. The van der Waals surface area contributed by atoms with E-state index in [0.717, 1.165) is 23.3 Å². The van der Waals surface area contributed by atoms with Gasteiger partial charge >= 0.3 is 0 Å². The van der Waals surface area contributed by atoms with Crippen LogP contribution in [0.3, 0.4) is 0 Å². The summed E-state index contributed by atoms with van der Waals surface area (Å²) < 4.78 is 5.65. The molecule has 0 spiro atoms. The number of hydrogen-bond acceptors (Lipinski definition) is 3. The zero-order chi connectivity index (χ0) is 14.0. The van der Waals surface area contributed by atoms with Crippen molar-refractivity contribution < 1.29 is 9.53 Å². The van der Waals surface area contributed by atoms with E-state index in [4.69, 9.17) is 4.74 Å². The molecular formula is C16H21NO2. The molecule has 3 nitrogen and oxygen atoms in total. The molecular weight excluding hydrogens is 238 g/mol. The van der Waals surface area contributed by atoms with E-state index in [1.807, 2.05) is 19.9 Å². The highest BCUT2D eigenvalue weighted by Crippen LogP contribution is 2.38. The average molecular weight is 259 g/mol. The van der Waals surface area contributed by atoms with Crippen molar-refractivity contribution in [3.63, 3.8) is 0 Å². The maximum atomic E-state index is 11.8. The van der Waals surface area contributed by atoms with Crippen molar-refractivity contribution >= 4 is 11.4 Å². The summed E-state index contributed by atoms with van der Waals surface area (Å²) >= 11 is 0. The van der Waals surface area contributed by atoms with Gasteiger partial charge < -0.3 is 4.74 Å². The average Bonchev–Trinajstić information content (AvgIpc) is 2.25. The van der Waals surface area contributed by atoms with Crippen molar-refractivity contribution in [3.05, 3.63) is 30.1 Å². The summed E-state index contributed by atoms with van der Waals surface area (Å²) in [6, 6.07) is 1.97. The number of ketones is 1. The number of carbonyl (C=O) groups is 1. The largest absolute Gasteiger partial charge is 0.489 e. The maximum Gasteiger partial charge on any atom is 0.156 e. The third-order valence-electron chi connectivity index (χ3n) is 3.11. The van der Waals surface area contributed by atoms with Crippen molar-refractivity contribution in [2.24, 2.45) is 5.41 Å². The van der Waals surface area contributed by atoms with Crippen LogP contribution in [0.2, 0.25) is 0 Å². The van der Waals surface area contributed by atoms with E-state index in [2.05, 4.69) is 18.8 Å². The zero-order valence-electron chi connectivity index (χ0n) is 12.1. The molecule has 2 rings (SSSR count). The predicted octanol–water partition coefficient (Wildman–Crippen LogP) is 3.64. The summed E-state index contributed by atoms with van der Waals surface area (Å²) in [5.41, 5.74) is 2.07. The summed E-state index contributed by atoms with van der Waals surface area (Å²) in [5.74, 6) is 0.950. The molecule has 1 heterocycles. The third-order valence-corrected chi connectivity index (χ3v) is 3.11. The molecule has 0 aliphatic heterocycles. The molecule has 0 saturated carbocycles. The number of hydrogen-bond donors (Lipinski definition) is 0. The first kappa shape index (κ1) is 13.8. The fourth-order valence-electron chi connectivity index (χ4n) is 2.46. The topological polar surface area (TPSA) is 39.2 Å². The summed E-state index contributed by atoms with van der Waals surface area (Å²) in [5, 5.41) is 0. The number of carbonyl (C=O) groups excluding carboxylic acids is 1. The van der Waals surface area contributed by atoms with Crippen LogP contribution in [0.4, 0.5) is 0 Å². The molecule has 19 heavy (non-hydrogen) atoms. The van der Waals surface area contributed by atoms with Crippen molar-refractivity contribution in [1.29, 1.82) is 0 Å². The Morgan fingerprint density at radius 1 is 1.26 bits per heavy atom. The first-order valence-electron chi connectivity index (χ1n) is 6.71. The highest BCUT2D eigenvalue weighted by molar-refractivity contribution is 5.99. The standard InChI is InChI=1S/C16H21NO2/c1-11(2)19-15-6-13(9-17-10-15)12-5-14(18)8-16(3,4)7-12/h5-6,9-11H,7-8H2,1-4H3. The minimum absolute atomic E-state index is 0.0239. The number of ether oxygens (including phenoxy) is 1. The molecule has 1 aromatic heterocycles. The molecule has 1 aromatic rings. The fourth-order valence-corrected chi connectivity index (χ4v) is 2.46. The number of aromatic nitrogens is 1. The number of nitrogens with zero attached hydrogens (tertiary/aromatic N) is 1. The van der Waals surface area contributed by atoms with E-state index in [9.17, 15) is 4.79 Å². The maximum absolute atomic E-state index is 11.8. The van der Waals surface area contributed by atoms with Gasteiger partial charge in [-0.05, 0) is 49.0 Å². The Hall–Kier alpha value is -1.64. The van der Waals surface area contributed by atoms with Gasteiger partial charge in [0.05, 0.1) is 12.3 Å². The van der Waals surface area contributed by atoms with Gasteiger partial charge in [0.2, 0.25) is 0 Å². The third kappa shape index (κ3) is 3.66. The highest BCUT2D eigenvalue weighted by Gasteiger charge is 2.28. The van der Waals surface area contributed by atoms with Crippen molar-refractivity contribution in [2.75, 3.05) is 0 Å². The van der Waals surface area contributed by atoms with Gasteiger partial charge in [-0.25, -0.2) is 0 Å². The molecule has 0 fully saturated rings. The van der Waals surface area contributed by atoms with Crippen LogP contribution >= 0.6 is 0 Å². The van der Waals surface area contributed by atoms with Gasteiger partial charge in [-0.2, -0.15) is 0 Å². The van der Waals surface area contributed by atoms with Crippen LogP contribution in [0.25, 0.3) is 5.57 Å². The van der Waals surface area contributed by atoms with Crippen LogP contribution in [0.5, 0.6) is 5.75 Å². The first-order valence-corrected chi connectivity index (χ1v) is 6.71. The highest BCUT2D eigenvalue weighted by atomic mass is 16.5. The normalized spacial score (nSPS) is 18.4. The Balaban J connectivity index is 2.29. The summed E-state index contributed by atoms with van der Waals surface area (Å²) in [6.45, 7) is 8.22. The Bertz CT molecular complexity index is 515. The van der Waals surface area contributed by atoms with Crippen LogP contribution in [0, 0.1) is 5.41 Å². The summed E-state index contributed by atoms with van der Waals surface area (Å²) in [7, 11) is 0. The van der Waals surface area contributed by atoms with Gasteiger partial charge in [0.25, 0.3) is 0 Å². The molecule has 0 aromatic carbocycles. The van der Waals surface area contributed by atoms with Gasteiger partial charge in [0.15, 0.2) is 5.78 Å². The summed E-state index contributed by atoms with van der Waals surface area (Å²) in [6.07, 6.45) is 6.89. The molecule has 0 unspecified atom stereocenters. The van der Waals surface area contributed by atoms with Crippen molar-refractivity contribution in [2.45, 2.75) is 46.6 Å². The van der Waals surface area contributed by atoms with Gasteiger partial charge in [-0.1, -0.05) is 13.8 Å². The monoisotopic (exact) mass is 259 g/mol. The van der Waals surface area contributed by atoms with E-state index in [0.29, 0.717) is 6.42 Å². The van der Waals surface area contributed by atoms with Crippen LogP contribution in [0.1, 0.15) is 46.1 Å². The van der Waals surface area contributed by atoms with Crippen LogP contribution < -0.4 is 4.74 Å². The number of allylic oxidation sites excluding steroid dienone is 2. The Labute approximate surface area is 114 Å². The van der Waals surface area contributed by atoms with E-state index < -0.39 is 0 Å². The van der Waals surface area contributed by atoms with Gasteiger partial charge in [0.1, 0.15) is 5.75 Å². The van der Waals surface area contributed by atoms with Crippen molar-refractivity contribution in [1.82, 2.24) is 4.98 Å². The number of pyridine rings is 1. The molecule has 0 atom stereocenters. The fraction of sp³-hybridized carbons (Fsp3) is 0.500. The minimum atomic E-state index is 0.0239. The van der Waals surface area contributed by atoms with Crippen LogP contribution in [0.15, 0.2) is 24.5 Å². The molecule has 102 valence electrons. The predicted molar refractivity (Wildman–Crippen MR) is 76.0 cm³/mol. The Kier molecular flexibility index (Phi) is 3.74. The number of rotatable bonds is 3. The molecule has 0 amide bonds. The lowest BCUT2D eigenvalue weighted by Crippen LogP contribution is -2.21. The summed E-state index contributed by atoms with van der Waals surface area (Å²) in [4.78, 5) is 16.0. The second kappa shape index (κ2) is 5.16. The Morgan fingerprint density at radius 3 is 2.63 bits per heavy atom. The lowest BCUT2D eigenvalue weighted by atomic mass is 9.75. The quantitative estimate of drug-likeness (QED) is 0.832. The van der Waals surface area contributed by atoms with Crippen LogP contribution in [-0.4, -0.2) is 16.9 Å². The smallest absolute Gasteiger partial charge is 0.156 e. The van der Waals surface area contributed by atoms with Gasteiger partial charge in [-0.3, -0.25) is 9.78 Å². The van der Waals surface area contributed by atoms with E-state index in [-0.39, 0.29) is 17.3 Å². The molecule has 0 radical (unpaired) electrons. The molecule has 0 saturated heterocycles. The SMILES string of the molecule is CC(C)Oc1cncc(C2=CC(=O)CC(C)(C)C2)c1. The molecule has 0 N–H and O–H groups in total. The van der Waals surface area contributed by atoms with Gasteiger partial charge in [0, 0.05) is 12.6 Å². The lowest BCUT2D eigenvalue weighted by molar-refractivity contribution is -0.116. The molecule has 3 heteroatoms. The van der Waals surface area contributed by atoms with Crippen LogP contribution in [-0.2, 0) is 4.79 Å².